The number of hydrogen-bond donors (Lipinski definition) is 1. The van der Waals surface area contributed by atoms with Gasteiger partial charge in [0, 0.05) is 17.8 Å². The Morgan fingerprint density at radius 2 is 2.50 bits per heavy atom. The van der Waals surface area contributed by atoms with Gasteiger partial charge in [-0.3, -0.25) is 4.98 Å². The maximum absolute atomic E-state index is 5.90. The molecule has 14 heavy (non-hydrogen) atoms. The van der Waals surface area contributed by atoms with Gasteiger partial charge < -0.3 is 10.1 Å². The lowest BCUT2D eigenvalue weighted by molar-refractivity contribution is 0.130. The Kier molecular flexibility index (Phi) is 3.35. The summed E-state index contributed by atoms with van der Waals surface area (Å²) in [6.07, 6.45) is 2.78. The van der Waals surface area contributed by atoms with Crippen molar-refractivity contribution in [3.63, 3.8) is 0 Å². The van der Waals surface area contributed by atoms with E-state index < -0.39 is 0 Å². The van der Waals surface area contributed by atoms with Crippen molar-refractivity contribution in [1.82, 2.24) is 10.3 Å². The summed E-state index contributed by atoms with van der Waals surface area (Å²) in [6.45, 7) is 2.47. The summed E-state index contributed by atoms with van der Waals surface area (Å²) in [5.41, 5.74) is 0.958. The number of pyridine rings is 1. The average Bonchev–Trinajstić information content (AvgIpc) is 2.45. The molecule has 1 N–H and O–H groups in total. The number of ether oxygens (including phenoxy) is 1. The van der Waals surface area contributed by atoms with E-state index in [2.05, 4.69) is 10.3 Å². The highest BCUT2D eigenvalue weighted by atomic mass is 35.5. The lowest BCUT2D eigenvalue weighted by Crippen LogP contribution is -2.24. The third-order valence-electron chi connectivity index (χ3n) is 2.24. The van der Waals surface area contributed by atoms with Gasteiger partial charge in [0.05, 0.1) is 18.3 Å². The average molecular weight is 213 g/mol. The van der Waals surface area contributed by atoms with Crippen molar-refractivity contribution >= 4 is 11.6 Å². The fraction of sp³-hybridized carbons (Fsp3) is 0.500. The molecule has 1 fully saturated rings. The van der Waals surface area contributed by atoms with Crippen molar-refractivity contribution in [3.8, 4) is 0 Å². The number of rotatable bonds is 1. The Balaban J connectivity index is 2.12. The fourth-order valence-electron chi connectivity index (χ4n) is 1.51. The summed E-state index contributed by atoms with van der Waals surface area (Å²) in [5, 5.41) is 4.10. The highest BCUT2D eigenvalue weighted by Crippen LogP contribution is 2.16. The minimum atomic E-state index is 0.177. The molecule has 1 aliphatic rings. The zero-order valence-corrected chi connectivity index (χ0v) is 8.63. The molecule has 0 aromatic carbocycles. The first-order valence-electron chi connectivity index (χ1n) is 4.79. The number of aromatic nitrogens is 1. The van der Waals surface area contributed by atoms with E-state index in [1.54, 1.807) is 12.3 Å². The lowest BCUT2D eigenvalue weighted by atomic mass is 10.2. The molecule has 76 valence electrons. The van der Waals surface area contributed by atoms with E-state index >= 15 is 0 Å². The van der Waals surface area contributed by atoms with Crippen LogP contribution in [0.25, 0.3) is 0 Å². The molecule has 4 heteroatoms. The fourth-order valence-corrected chi connectivity index (χ4v) is 1.68. The van der Waals surface area contributed by atoms with Crippen molar-refractivity contribution in [1.29, 1.82) is 0 Å². The van der Waals surface area contributed by atoms with Crippen LogP contribution in [0, 0.1) is 0 Å². The quantitative estimate of drug-likeness (QED) is 0.771. The van der Waals surface area contributed by atoms with Crippen LogP contribution >= 0.6 is 11.6 Å². The van der Waals surface area contributed by atoms with Gasteiger partial charge in [-0.15, -0.1) is 0 Å². The Labute approximate surface area is 88.4 Å². The highest BCUT2D eigenvalue weighted by molar-refractivity contribution is 6.30. The van der Waals surface area contributed by atoms with Crippen LogP contribution in [0.3, 0.4) is 0 Å². The summed E-state index contributed by atoms with van der Waals surface area (Å²) in [7, 11) is 0. The van der Waals surface area contributed by atoms with Gasteiger partial charge in [-0.25, -0.2) is 0 Å². The highest BCUT2D eigenvalue weighted by Gasteiger charge is 2.15. The molecule has 3 nitrogen and oxygen atoms in total. The second kappa shape index (κ2) is 4.73. The van der Waals surface area contributed by atoms with Crippen LogP contribution in [-0.4, -0.2) is 24.7 Å². The van der Waals surface area contributed by atoms with Crippen molar-refractivity contribution < 1.29 is 4.74 Å². The predicted molar refractivity (Wildman–Crippen MR) is 55.4 cm³/mol. The molecule has 0 bridgehead atoms. The molecule has 1 aromatic heterocycles. The first-order valence-corrected chi connectivity index (χ1v) is 5.16. The summed E-state index contributed by atoms with van der Waals surface area (Å²) in [4.78, 5) is 4.28. The molecule has 2 rings (SSSR count). The predicted octanol–water partition coefficient (Wildman–Crippen LogP) is 1.79. The Morgan fingerprint density at radius 1 is 1.57 bits per heavy atom. The number of halogens is 1. The SMILES string of the molecule is Clc1ccnc(C2COCCCN2)c1. The van der Waals surface area contributed by atoms with Gasteiger partial charge >= 0.3 is 0 Å². The first kappa shape index (κ1) is 9.90. The molecular weight excluding hydrogens is 200 g/mol. The summed E-state index contributed by atoms with van der Waals surface area (Å²) < 4.78 is 5.46. The first-order chi connectivity index (χ1) is 6.86. The van der Waals surface area contributed by atoms with Crippen molar-refractivity contribution in [2.75, 3.05) is 19.8 Å². The monoisotopic (exact) mass is 212 g/mol. The van der Waals surface area contributed by atoms with E-state index in [-0.39, 0.29) is 6.04 Å². The van der Waals surface area contributed by atoms with Crippen LogP contribution in [0.5, 0.6) is 0 Å². The van der Waals surface area contributed by atoms with Crippen LogP contribution in [0.15, 0.2) is 18.3 Å². The van der Waals surface area contributed by atoms with E-state index in [0.29, 0.717) is 6.61 Å². The lowest BCUT2D eigenvalue weighted by Gasteiger charge is -2.14. The molecule has 1 unspecified atom stereocenters. The van der Waals surface area contributed by atoms with E-state index in [1.165, 1.54) is 0 Å². The standard InChI is InChI=1S/C10H13ClN2O/c11-8-2-4-13-9(6-8)10-7-14-5-1-3-12-10/h2,4,6,10,12H,1,3,5,7H2. The number of hydrogen-bond acceptors (Lipinski definition) is 3. The van der Waals surface area contributed by atoms with Crippen LogP contribution in [0.4, 0.5) is 0 Å². The molecule has 0 saturated carbocycles. The van der Waals surface area contributed by atoms with Crippen LogP contribution in [0.2, 0.25) is 5.02 Å². The third-order valence-corrected chi connectivity index (χ3v) is 2.48. The second-order valence-electron chi connectivity index (χ2n) is 3.33. The summed E-state index contributed by atoms with van der Waals surface area (Å²) in [5.74, 6) is 0. The smallest absolute Gasteiger partial charge is 0.0733 e. The molecule has 1 saturated heterocycles. The Bertz CT molecular complexity index is 298. The second-order valence-corrected chi connectivity index (χ2v) is 3.77. The maximum Gasteiger partial charge on any atom is 0.0733 e. The van der Waals surface area contributed by atoms with Gasteiger partial charge in [0.1, 0.15) is 0 Å². The van der Waals surface area contributed by atoms with Crippen LogP contribution < -0.4 is 5.32 Å². The molecule has 1 aliphatic heterocycles. The third kappa shape index (κ3) is 2.44. The molecule has 1 atom stereocenters. The van der Waals surface area contributed by atoms with E-state index in [0.717, 1.165) is 30.3 Å². The van der Waals surface area contributed by atoms with Gasteiger partial charge in [-0.2, -0.15) is 0 Å². The maximum atomic E-state index is 5.90. The number of nitrogens with zero attached hydrogens (tertiary/aromatic N) is 1. The minimum Gasteiger partial charge on any atom is -0.379 e. The van der Waals surface area contributed by atoms with E-state index in [4.69, 9.17) is 16.3 Å². The van der Waals surface area contributed by atoms with E-state index in [9.17, 15) is 0 Å². The zero-order valence-electron chi connectivity index (χ0n) is 7.87. The van der Waals surface area contributed by atoms with Gasteiger partial charge in [-0.1, -0.05) is 11.6 Å². The summed E-state index contributed by atoms with van der Waals surface area (Å²) >= 11 is 5.90. The molecule has 0 spiro atoms. The zero-order chi connectivity index (χ0) is 9.80. The van der Waals surface area contributed by atoms with Gasteiger partial charge in [0.15, 0.2) is 0 Å². The topological polar surface area (TPSA) is 34.1 Å². The van der Waals surface area contributed by atoms with Gasteiger partial charge in [-0.05, 0) is 25.1 Å². The molecule has 2 heterocycles. The molecule has 0 aliphatic carbocycles. The van der Waals surface area contributed by atoms with Crippen LogP contribution in [0.1, 0.15) is 18.2 Å². The largest absolute Gasteiger partial charge is 0.379 e. The van der Waals surface area contributed by atoms with Crippen molar-refractivity contribution in [2.45, 2.75) is 12.5 Å². The Hall–Kier alpha value is -0.640. The Morgan fingerprint density at radius 3 is 3.36 bits per heavy atom. The van der Waals surface area contributed by atoms with E-state index in [1.807, 2.05) is 6.07 Å². The van der Waals surface area contributed by atoms with Gasteiger partial charge in [0.2, 0.25) is 0 Å². The minimum absolute atomic E-state index is 0.177. The molecule has 1 aromatic rings. The molecule has 0 amide bonds. The van der Waals surface area contributed by atoms with Gasteiger partial charge in [0.25, 0.3) is 0 Å². The molecule has 0 radical (unpaired) electrons. The normalized spacial score (nSPS) is 23.1. The molecular formula is C10H13ClN2O. The van der Waals surface area contributed by atoms with Crippen LogP contribution in [-0.2, 0) is 4.74 Å². The van der Waals surface area contributed by atoms with Crippen molar-refractivity contribution in [3.05, 3.63) is 29.0 Å². The number of nitrogens with one attached hydrogen (secondary N) is 1. The summed E-state index contributed by atoms with van der Waals surface area (Å²) in [6, 6.07) is 3.84. The van der Waals surface area contributed by atoms with Crippen molar-refractivity contribution in [2.24, 2.45) is 0 Å².